The lowest BCUT2D eigenvalue weighted by molar-refractivity contribution is -0.116. The van der Waals surface area contributed by atoms with Gasteiger partial charge in [0.1, 0.15) is 28.8 Å². The molecule has 24 heavy (non-hydrogen) atoms. The van der Waals surface area contributed by atoms with Crippen molar-refractivity contribution in [3.8, 4) is 17.2 Å². The summed E-state index contributed by atoms with van der Waals surface area (Å²) in [7, 11) is 4.54. The van der Waals surface area contributed by atoms with Crippen molar-refractivity contribution in [3.05, 3.63) is 47.8 Å². The number of hydrogen-bond acceptors (Lipinski definition) is 4. The molecule has 0 bridgehead atoms. The molecule has 0 aliphatic rings. The number of rotatable bonds is 7. The number of aryl methyl sites for hydroxylation is 1. The molecule has 0 aromatic heterocycles. The molecule has 0 aliphatic carbocycles. The molecule has 0 radical (unpaired) electrons. The summed E-state index contributed by atoms with van der Waals surface area (Å²) in [6, 6.07) is 9.41. The highest BCUT2D eigenvalue weighted by atomic mass is 19.1. The number of amides is 1. The van der Waals surface area contributed by atoms with Gasteiger partial charge in [0.05, 0.1) is 21.3 Å². The van der Waals surface area contributed by atoms with Gasteiger partial charge in [-0.05, 0) is 24.1 Å². The van der Waals surface area contributed by atoms with Crippen LogP contribution in [0.1, 0.15) is 12.0 Å². The molecule has 0 saturated carbocycles. The van der Waals surface area contributed by atoms with Crippen LogP contribution in [0.5, 0.6) is 17.2 Å². The van der Waals surface area contributed by atoms with Crippen molar-refractivity contribution in [1.82, 2.24) is 0 Å². The lowest BCUT2D eigenvalue weighted by Gasteiger charge is -2.15. The van der Waals surface area contributed by atoms with Gasteiger partial charge >= 0.3 is 0 Å². The summed E-state index contributed by atoms with van der Waals surface area (Å²) in [4.78, 5) is 12.2. The molecule has 5 nitrogen and oxygen atoms in total. The first-order valence-corrected chi connectivity index (χ1v) is 7.41. The Morgan fingerprint density at radius 1 is 1.00 bits per heavy atom. The third-order valence-corrected chi connectivity index (χ3v) is 3.53. The average Bonchev–Trinajstić information content (AvgIpc) is 2.61. The average molecular weight is 333 g/mol. The lowest BCUT2D eigenvalue weighted by Crippen LogP contribution is -2.14. The zero-order chi connectivity index (χ0) is 17.5. The topological polar surface area (TPSA) is 56.8 Å². The molecule has 0 heterocycles. The van der Waals surface area contributed by atoms with Crippen molar-refractivity contribution in [2.75, 3.05) is 26.6 Å². The predicted octanol–water partition coefficient (Wildman–Crippen LogP) is 3.42. The number of benzene rings is 2. The van der Waals surface area contributed by atoms with Crippen molar-refractivity contribution < 1.29 is 23.4 Å². The Morgan fingerprint density at radius 2 is 1.58 bits per heavy atom. The Hall–Kier alpha value is -2.76. The van der Waals surface area contributed by atoms with E-state index in [4.69, 9.17) is 14.2 Å². The second-order valence-corrected chi connectivity index (χ2v) is 5.08. The van der Waals surface area contributed by atoms with Crippen LogP contribution in [0.25, 0.3) is 0 Å². The second-order valence-electron chi connectivity index (χ2n) is 5.08. The van der Waals surface area contributed by atoms with E-state index in [-0.39, 0.29) is 18.1 Å². The van der Waals surface area contributed by atoms with E-state index in [2.05, 4.69) is 5.32 Å². The standard InChI is InChI=1S/C18H20FNO4/c1-22-14-10-15(23-2)18(16(11-14)24-3)20-17(21)9-6-12-4-7-13(19)8-5-12/h4-5,7-8,10-11H,6,9H2,1-3H3,(H,20,21). The van der Waals surface area contributed by atoms with E-state index in [0.29, 0.717) is 29.4 Å². The van der Waals surface area contributed by atoms with Crippen molar-refractivity contribution in [2.24, 2.45) is 0 Å². The fraction of sp³-hybridized carbons (Fsp3) is 0.278. The molecule has 2 rings (SSSR count). The number of carbonyl (C=O) groups excluding carboxylic acids is 1. The van der Waals surface area contributed by atoms with E-state index in [1.165, 1.54) is 33.5 Å². The van der Waals surface area contributed by atoms with E-state index in [9.17, 15) is 9.18 Å². The Labute approximate surface area is 140 Å². The fourth-order valence-corrected chi connectivity index (χ4v) is 2.24. The van der Waals surface area contributed by atoms with E-state index < -0.39 is 0 Å². The number of halogens is 1. The summed E-state index contributed by atoms with van der Waals surface area (Å²) in [6.45, 7) is 0. The van der Waals surface area contributed by atoms with Crippen LogP contribution in [0.3, 0.4) is 0 Å². The van der Waals surface area contributed by atoms with Gasteiger partial charge in [-0.25, -0.2) is 4.39 Å². The van der Waals surface area contributed by atoms with Crippen LogP contribution in [0.4, 0.5) is 10.1 Å². The Morgan fingerprint density at radius 3 is 2.08 bits per heavy atom. The van der Waals surface area contributed by atoms with Gasteiger partial charge in [0, 0.05) is 18.6 Å². The summed E-state index contributed by atoms with van der Waals surface area (Å²) < 4.78 is 28.6. The molecule has 0 saturated heterocycles. The minimum atomic E-state index is -0.295. The van der Waals surface area contributed by atoms with Crippen LogP contribution in [-0.4, -0.2) is 27.2 Å². The molecule has 0 unspecified atom stereocenters. The van der Waals surface area contributed by atoms with Crippen molar-refractivity contribution in [3.63, 3.8) is 0 Å². The Balaban J connectivity index is 2.08. The maximum absolute atomic E-state index is 12.9. The normalized spacial score (nSPS) is 10.2. The highest BCUT2D eigenvalue weighted by Crippen LogP contribution is 2.38. The highest BCUT2D eigenvalue weighted by Gasteiger charge is 2.15. The van der Waals surface area contributed by atoms with Crippen LogP contribution < -0.4 is 19.5 Å². The first-order valence-electron chi connectivity index (χ1n) is 7.41. The largest absolute Gasteiger partial charge is 0.496 e. The van der Waals surface area contributed by atoms with Gasteiger partial charge in [-0.15, -0.1) is 0 Å². The highest BCUT2D eigenvalue weighted by molar-refractivity contribution is 5.94. The van der Waals surface area contributed by atoms with Gasteiger partial charge < -0.3 is 19.5 Å². The third kappa shape index (κ3) is 4.38. The molecular weight excluding hydrogens is 313 g/mol. The number of ether oxygens (including phenoxy) is 3. The number of carbonyl (C=O) groups is 1. The molecule has 1 amide bonds. The molecule has 2 aromatic rings. The first-order chi connectivity index (χ1) is 11.6. The van der Waals surface area contributed by atoms with Crippen molar-refractivity contribution in [1.29, 1.82) is 0 Å². The molecule has 1 N–H and O–H groups in total. The smallest absolute Gasteiger partial charge is 0.224 e. The quantitative estimate of drug-likeness (QED) is 0.843. The minimum Gasteiger partial charge on any atom is -0.496 e. The van der Waals surface area contributed by atoms with E-state index in [1.807, 2.05) is 0 Å². The minimum absolute atomic E-state index is 0.193. The molecule has 128 valence electrons. The number of nitrogens with one attached hydrogen (secondary N) is 1. The van der Waals surface area contributed by atoms with Crippen molar-refractivity contribution in [2.45, 2.75) is 12.8 Å². The molecule has 0 fully saturated rings. The SMILES string of the molecule is COc1cc(OC)c(NC(=O)CCc2ccc(F)cc2)c(OC)c1. The Kier molecular flexibility index (Phi) is 6.01. The molecule has 0 aliphatic heterocycles. The van der Waals surface area contributed by atoms with Crippen LogP contribution in [0.2, 0.25) is 0 Å². The van der Waals surface area contributed by atoms with Crippen LogP contribution in [-0.2, 0) is 11.2 Å². The van der Waals surface area contributed by atoms with E-state index in [1.54, 1.807) is 24.3 Å². The zero-order valence-electron chi connectivity index (χ0n) is 13.9. The van der Waals surface area contributed by atoms with E-state index >= 15 is 0 Å². The second kappa shape index (κ2) is 8.19. The lowest BCUT2D eigenvalue weighted by atomic mass is 10.1. The van der Waals surface area contributed by atoms with Gasteiger partial charge in [0.15, 0.2) is 0 Å². The monoisotopic (exact) mass is 333 g/mol. The third-order valence-electron chi connectivity index (χ3n) is 3.53. The molecular formula is C18H20FNO4. The van der Waals surface area contributed by atoms with Gasteiger partial charge in [-0.3, -0.25) is 4.79 Å². The summed E-state index contributed by atoms with van der Waals surface area (Å²) in [5.74, 6) is 0.965. The molecule has 0 atom stereocenters. The van der Waals surface area contributed by atoms with Gasteiger partial charge in [0.25, 0.3) is 0 Å². The Bertz CT molecular complexity index is 676. The number of anilines is 1. The van der Waals surface area contributed by atoms with Gasteiger partial charge in [-0.2, -0.15) is 0 Å². The number of hydrogen-bond donors (Lipinski definition) is 1. The first kappa shape index (κ1) is 17.6. The van der Waals surface area contributed by atoms with Crippen LogP contribution in [0.15, 0.2) is 36.4 Å². The molecule has 6 heteroatoms. The van der Waals surface area contributed by atoms with E-state index in [0.717, 1.165) is 5.56 Å². The van der Waals surface area contributed by atoms with Crippen LogP contribution in [0, 0.1) is 5.82 Å². The summed E-state index contributed by atoms with van der Waals surface area (Å²) in [6.07, 6.45) is 0.761. The fourth-order valence-electron chi connectivity index (χ4n) is 2.24. The number of methoxy groups -OCH3 is 3. The van der Waals surface area contributed by atoms with Crippen molar-refractivity contribution >= 4 is 11.6 Å². The van der Waals surface area contributed by atoms with Gasteiger partial charge in [-0.1, -0.05) is 12.1 Å². The maximum Gasteiger partial charge on any atom is 0.224 e. The zero-order valence-corrected chi connectivity index (χ0v) is 13.9. The summed E-state index contributed by atoms with van der Waals surface area (Å²) in [5.41, 5.74) is 1.34. The summed E-state index contributed by atoms with van der Waals surface area (Å²) >= 11 is 0. The van der Waals surface area contributed by atoms with Gasteiger partial charge in [0.2, 0.25) is 5.91 Å². The molecule has 0 spiro atoms. The maximum atomic E-state index is 12.9. The predicted molar refractivity (Wildman–Crippen MR) is 89.4 cm³/mol. The van der Waals surface area contributed by atoms with Crippen LogP contribution >= 0.6 is 0 Å². The summed E-state index contributed by atoms with van der Waals surface area (Å²) in [5, 5.41) is 2.80. The molecule has 2 aromatic carbocycles.